The molecule has 2 aromatic rings. The monoisotopic (exact) mass is 262 g/mol. The molecule has 2 aromatic carbocycles. The van der Waals surface area contributed by atoms with Crippen LogP contribution in [0.5, 0.6) is 5.75 Å². The molecule has 0 spiro atoms. The SMILES string of the molecule is COc1ccc(-c2cc(F)ccc2C(C)=O)c(F)c1. The number of carbonyl (C=O) groups is 1. The van der Waals surface area contributed by atoms with E-state index in [4.69, 9.17) is 4.74 Å². The van der Waals surface area contributed by atoms with Gasteiger partial charge in [0.1, 0.15) is 17.4 Å². The first kappa shape index (κ1) is 13.2. The topological polar surface area (TPSA) is 26.3 Å². The molecule has 0 N–H and O–H groups in total. The van der Waals surface area contributed by atoms with Crippen molar-refractivity contribution in [2.45, 2.75) is 6.92 Å². The van der Waals surface area contributed by atoms with E-state index in [1.807, 2.05) is 0 Å². The van der Waals surface area contributed by atoms with E-state index >= 15 is 0 Å². The Labute approximate surface area is 109 Å². The third-order valence-corrected chi connectivity index (χ3v) is 2.83. The number of hydrogen-bond acceptors (Lipinski definition) is 2. The van der Waals surface area contributed by atoms with Crippen molar-refractivity contribution < 1.29 is 18.3 Å². The highest BCUT2D eigenvalue weighted by Crippen LogP contribution is 2.29. The molecule has 0 saturated heterocycles. The Morgan fingerprint density at radius 3 is 2.37 bits per heavy atom. The average Bonchev–Trinajstić information content (AvgIpc) is 2.38. The lowest BCUT2D eigenvalue weighted by Crippen LogP contribution is -1.98. The van der Waals surface area contributed by atoms with E-state index < -0.39 is 11.6 Å². The number of Topliss-reactive ketones (excluding diaryl/α,β-unsaturated/α-hetero) is 1. The van der Waals surface area contributed by atoms with Gasteiger partial charge in [0.2, 0.25) is 0 Å². The third-order valence-electron chi connectivity index (χ3n) is 2.83. The first-order valence-corrected chi connectivity index (χ1v) is 5.67. The van der Waals surface area contributed by atoms with E-state index in [9.17, 15) is 13.6 Å². The fraction of sp³-hybridized carbons (Fsp3) is 0.133. The Hall–Kier alpha value is -2.23. The first-order valence-electron chi connectivity index (χ1n) is 5.67. The summed E-state index contributed by atoms with van der Waals surface area (Å²) in [5.41, 5.74) is 0.698. The summed E-state index contributed by atoms with van der Waals surface area (Å²) in [6.07, 6.45) is 0. The molecule has 0 aliphatic heterocycles. The van der Waals surface area contributed by atoms with Crippen LogP contribution in [0, 0.1) is 11.6 Å². The minimum absolute atomic E-state index is 0.172. The van der Waals surface area contributed by atoms with Gasteiger partial charge in [-0.1, -0.05) is 0 Å². The molecule has 0 radical (unpaired) electrons. The maximum atomic E-state index is 14.0. The minimum Gasteiger partial charge on any atom is -0.497 e. The molecule has 98 valence electrons. The number of hydrogen-bond donors (Lipinski definition) is 0. The van der Waals surface area contributed by atoms with Gasteiger partial charge in [-0.3, -0.25) is 4.79 Å². The van der Waals surface area contributed by atoms with Crippen LogP contribution < -0.4 is 4.74 Å². The molecular formula is C15H12F2O2. The second-order valence-corrected chi connectivity index (χ2v) is 4.09. The average molecular weight is 262 g/mol. The van der Waals surface area contributed by atoms with Crippen molar-refractivity contribution in [3.05, 3.63) is 53.6 Å². The van der Waals surface area contributed by atoms with Crippen LogP contribution in [-0.4, -0.2) is 12.9 Å². The number of rotatable bonds is 3. The lowest BCUT2D eigenvalue weighted by molar-refractivity contribution is 0.101. The van der Waals surface area contributed by atoms with Gasteiger partial charge in [0.15, 0.2) is 5.78 Å². The van der Waals surface area contributed by atoms with Crippen molar-refractivity contribution in [3.8, 4) is 16.9 Å². The summed E-state index contributed by atoms with van der Waals surface area (Å²) in [4.78, 5) is 11.5. The summed E-state index contributed by atoms with van der Waals surface area (Å²) in [7, 11) is 1.43. The van der Waals surface area contributed by atoms with Gasteiger partial charge in [0, 0.05) is 17.2 Å². The quantitative estimate of drug-likeness (QED) is 0.785. The zero-order valence-corrected chi connectivity index (χ0v) is 10.5. The molecular weight excluding hydrogens is 250 g/mol. The highest BCUT2D eigenvalue weighted by molar-refractivity contribution is 6.00. The number of ether oxygens (including phenoxy) is 1. The second-order valence-electron chi connectivity index (χ2n) is 4.09. The van der Waals surface area contributed by atoms with Crippen LogP contribution in [0.1, 0.15) is 17.3 Å². The summed E-state index contributed by atoms with van der Waals surface area (Å²) in [6.45, 7) is 1.36. The molecule has 4 heteroatoms. The molecule has 0 fully saturated rings. The molecule has 0 amide bonds. The van der Waals surface area contributed by atoms with Crippen LogP contribution in [-0.2, 0) is 0 Å². The van der Waals surface area contributed by atoms with Crippen LogP contribution in [0.2, 0.25) is 0 Å². The van der Waals surface area contributed by atoms with E-state index in [1.165, 1.54) is 38.3 Å². The minimum atomic E-state index is -0.563. The number of ketones is 1. The number of carbonyl (C=O) groups excluding carboxylic acids is 1. The molecule has 0 aliphatic carbocycles. The predicted molar refractivity (Wildman–Crippen MR) is 68.4 cm³/mol. The number of benzene rings is 2. The van der Waals surface area contributed by atoms with Crippen LogP contribution in [0.4, 0.5) is 8.78 Å². The van der Waals surface area contributed by atoms with E-state index in [1.54, 1.807) is 6.07 Å². The van der Waals surface area contributed by atoms with Crippen LogP contribution in [0.15, 0.2) is 36.4 Å². The molecule has 2 rings (SSSR count). The van der Waals surface area contributed by atoms with Crippen molar-refractivity contribution in [1.82, 2.24) is 0 Å². The molecule has 0 unspecified atom stereocenters. The van der Waals surface area contributed by atoms with Crippen molar-refractivity contribution in [2.24, 2.45) is 0 Å². The number of halogens is 2. The highest BCUT2D eigenvalue weighted by atomic mass is 19.1. The van der Waals surface area contributed by atoms with Crippen molar-refractivity contribution in [2.75, 3.05) is 7.11 Å². The Morgan fingerprint density at radius 2 is 1.79 bits per heavy atom. The van der Waals surface area contributed by atoms with Crippen molar-refractivity contribution >= 4 is 5.78 Å². The molecule has 0 bridgehead atoms. The first-order chi connectivity index (χ1) is 9.02. The Kier molecular flexibility index (Phi) is 3.60. The van der Waals surface area contributed by atoms with Gasteiger partial charge in [-0.2, -0.15) is 0 Å². The second kappa shape index (κ2) is 5.18. The standard InChI is InChI=1S/C15H12F2O2/c1-9(18)12-5-3-10(16)7-14(12)13-6-4-11(19-2)8-15(13)17/h3-8H,1-2H3. The summed E-state index contributed by atoms with van der Waals surface area (Å²) in [5, 5.41) is 0. The Balaban J connectivity index is 2.64. The molecule has 0 atom stereocenters. The Morgan fingerprint density at radius 1 is 1.05 bits per heavy atom. The summed E-state index contributed by atoms with van der Waals surface area (Å²) < 4.78 is 32.2. The van der Waals surface area contributed by atoms with Crippen molar-refractivity contribution in [1.29, 1.82) is 0 Å². The zero-order chi connectivity index (χ0) is 14.0. The molecule has 19 heavy (non-hydrogen) atoms. The lowest BCUT2D eigenvalue weighted by Gasteiger charge is -2.09. The van der Waals surface area contributed by atoms with Crippen molar-refractivity contribution in [3.63, 3.8) is 0 Å². The maximum absolute atomic E-state index is 14.0. The molecule has 0 aromatic heterocycles. The van der Waals surface area contributed by atoms with Crippen LogP contribution in [0.3, 0.4) is 0 Å². The van der Waals surface area contributed by atoms with Crippen LogP contribution in [0.25, 0.3) is 11.1 Å². The number of methoxy groups -OCH3 is 1. The normalized spacial score (nSPS) is 10.3. The zero-order valence-electron chi connectivity index (χ0n) is 10.5. The molecule has 0 heterocycles. The van der Waals surface area contributed by atoms with Gasteiger partial charge in [-0.05, 0) is 42.8 Å². The maximum Gasteiger partial charge on any atom is 0.160 e. The lowest BCUT2D eigenvalue weighted by atomic mass is 9.97. The van der Waals surface area contributed by atoms with E-state index in [0.717, 1.165) is 6.07 Å². The molecule has 0 saturated carbocycles. The highest BCUT2D eigenvalue weighted by Gasteiger charge is 2.14. The van der Waals surface area contributed by atoms with Gasteiger partial charge in [-0.15, -0.1) is 0 Å². The summed E-state index contributed by atoms with van der Waals surface area (Å²) >= 11 is 0. The smallest absolute Gasteiger partial charge is 0.160 e. The summed E-state index contributed by atoms with van der Waals surface area (Å²) in [5.74, 6) is -0.963. The van der Waals surface area contributed by atoms with E-state index in [2.05, 4.69) is 0 Å². The van der Waals surface area contributed by atoms with E-state index in [0.29, 0.717) is 5.75 Å². The fourth-order valence-corrected chi connectivity index (χ4v) is 1.89. The van der Waals surface area contributed by atoms with Gasteiger partial charge in [0.25, 0.3) is 0 Å². The molecule has 2 nitrogen and oxygen atoms in total. The van der Waals surface area contributed by atoms with Crippen LogP contribution >= 0.6 is 0 Å². The predicted octanol–water partition coefficient (Wildman–Crippen LogP) is 3.84. The van der Waals surface area contributed by atoms with Gasteiger partial charge < -0.3 is 4.74 Å². The summed E-state index contributed by atoms with van der Waals surface area (Å²) in [6, 6.07) is 7.92. The largest absolute Gasteiger partial charge is 0.497 e. The van der Waals surface area contributed by atoms with Gasteiger partial charge in [0.05, 0.1) is 7.11 Å². The molecule has 0 aliphatic rings. The fourth-order valence-electron chi connectivity index (χ4n) is 1.89. The third kappa shape index (κ3) is 2.62. The van der Waals surface area contributed by atoms with E-state index in [-0.39, 0.29) is 22.5 Å². The Bertz CT molecular complexity index is 636. The van der Waals surface area contributed by atoms with Gasteiger partial charge in [-0.25, -0.2) is 8.78 Å². The van der Waals surface area contributed by atoms with Gasteiger partial charge >= 0.3 is 0 Å².